The first-order valence-electron chi connectivity index (χ1n) is 8.79. The number of carbonyl (C=O) groups is 1. The fourth-order valence-corrected chi connectivity index (χ4v) is 3.71. The van der Waals surface area contributed by atoms with Crippen LogP contribution in [-0.2, 0) is 9.84 Å². The molecule has 2 aromatic rings. The quantitative estimate of drug-likeness (QED) is 0.891. The van der Waals surface area contributed by atoms with Gasteiger partial charge in [-0.25, -0.2) is 8.42 Å². The van der Waals surface area contributed by atoms with Crippen LogP contribution in [0.5, 0.6) is 0 Å². The Kier molecular flexibility index (Phi) is 5.32. The first kappa shape index (κ1) is 18.5. The van der Waals surface area contributed by atoms with E-state index in [4.69, 9.17) is 0 Å². The number of benzene rings is 2. The van der Waals surface area contributed by atoms with E-state index in [-0.39, 0.29) is 10.8 Å². The average Bonchev–Trinajstić information content (AvgIpc) is 2.62. The molecule has 2 aromatic carbocycles. The average molecular weight is 372 g/mol. The Morgan fingerprint density at radius 1 is 1.00 bits per heavy atom. The van der Waals surface area contributed by atoms with Crippen molar-refractivity contribution in [1.82, 2.24) is 0 Å². The van der Waals surface area contributed by atoms with Crippen LogP contribution in [0, 0.1) is 5.92 Å². The van der Waals surface area contributed by atoms with Gasteiger partial charge in [0.1, 0.15) is 0 Å². The molecular formula is C20H24N2O3S. The second kappa shape index (κ2) is 7.50. The molecule has 1 saturated heterocycles. The summed E-state index contributed by atoms with van der Waals surface area (Å²) >= 11 is 0. The number of hydrogen-bond donors (Lipinski definition) is 1. The Hall–Kier alpha value is -2.34. The second-order valence-electron chi connectivity index (χ2n) is 6.97. The molecule has 0 saturated carbocycles. The first-order valence-corrected chi connectivity index (χ1v) is 10.7. The van der Waals surface area contributed by atoms with E-state index in [9.17, 15) is 13.2 Å². The molecule has 6 heteroatoms. The molecule has 26 heavy (non-hydrogen) atoms. The molecule has 1 aliphatic rings. The van der Waals surface area contributed by atoms with Gasteiger partial charge in [0.15, 0.2) is 9.84 Å². The lowest BCUT2D eigenvalue weighted by molar-refractivity contribution is 0.102. The molecule has 0 aromatic heterocycles. The number of amides is 1. The highest BCUT2D eigenvalue weighted by atomic mass is 32.2. The summed E-state index contributed by atoms with van der Waals surface area (Å²) in [5, 5.41) is 2.85. The van der Waals surface area contributed by atoms with Crippen molar-refractivity contribution in [2.24, 2.45) is 5.92 Å². The maximum absolute atomic E-state index is 12.3. The largest absolute Gasteiger partial charge is 0.372 e. The number of piperidine rings is 1. The summed E-state index contributed by atoms with van der Waals surface area (Å²) in [4.78, 5) is 14.9. The van der Waals surface area contributed by atoms with Crippen LogP contribution in [0.25, 0.3) is 0 Å². The van der Waals surface area contributed by atoms with E-state index in [2.05, 4.69) is 17.1 Å². The summed E-state index contributed by atoms with van der Waals surface area (Å²) in [6.07, 6.45) is 3.57. The molecular weight excluding hydrogens is 348 g/mol. The molecule has 0 radical (unpaired) electrons. The van der Waals surface area contributed by atoms with E-state index >= 15 is 0 Å². The van der Waals surface area contributed by atoms with Crippen molar-refractivity contribution in [1.29, 1.82) is 0 Å². The van der Waals surface area contributed by atoms with Crippen LogP contribution < -0.4 is 10.2 Å². The Morgan fingerprint density at radius 2 is 1.58 bits per heavy atom. The van der Waals surface area contributed by atoms with E-state index in [0.29, 0.717) is 5.56 Å². The maximum atomic E-state index is 12.3. The van der Waals surface area contributed by atoms with Crippen LogP contribution in [0.4, 0.5) is 11.4 Å². The monoisotopic (exact) mass is 372 g/mol. The minimum atomic E-state index is -3.26. The van der Waals surface area contributed by atoms with E-state index in [0.717, 1.165) is 31.0 Å². The van der Waals surface area contributed by atoms with Crippen LogP contribution in [0.3, 0.4) is 0 Å². The third kappa shape index (κ3) is 4.43. The van der Waals surface area contributed by atoms with Gasteiger partial charge in [0.2, 0.25) is 0 Å². The van der Waals surface area contributed by atoms with E-state index in [1.165, 1.54) is 42.8 Å². The Bertz CT molecular complexity index is 866. The molecule has 1 aliphatic heterocycles. The van der Waals surface area contributed by atoms with Crippen molar-refractivity contribution < 1.29 is 13.2 Å². The van der Waals surface area contributed by atoms with Crippen molar-refractivity contribution in [2.45, 2.75) is 24.7 Å². The van der Waals surface area contributed by atoms with E-state index in [1.807, 2.05) is 24.3 Å². The normalized spacial score (nSPS) is 15.7. The van der Waals surface area contributed by atoms with Gasteiger partial charge in [-0.3, -0.25) is 4.79 Å². The predicted octanol–water partition coefficient (Wildman–Crippen LogP) is 3.58. The molecule has 1 N–H and O–H groups in total. The lowest BCUT2D eigenvalue weighted by Gasteiger charge is -2.32. The molecule has 5 nitrogen and oxygen atoms in total. The number of rotatable bonds is 4. The van der Waals surface area contributed by atoms with Gasteiger partial charge in [0.05, 0.1) is 4.90 Å². The van der Waals surface area contributed by atoms with Gasteiger partial charge < -0.3 is 10.2 Å². The number of carbonyl (C=O) groups excluding carboxylic acids is 1. The molecule has 1 amide bonds. The van der Waals surface area contributed by atoms with Crippen LogP contribution >= 0.6 is 0 Å². The van der Waals surface area contributed by atoms with Crippen LogP contribution in [0.15, 0.2) is 53.4 Å². The van der Waals surface area contributed by atoms with Crippen molar-refractivity contribution in [3.63, 3.8) is 0 Å². The highest BCUT2D eigenvalue weighted by molar-refractivity contribution is 7.90. The fraction of sp³-hybridized carbons (Fsp3) is 0.350. The van der Waals surface area contributed by atoms with Gasteiger partial charge in [0, 0.05) is 36.3 Å². The molecule has 3 rings (SSSR count). The molecule has 138 valence electrons. The van der Waals surface area contributed by atoms with Gasteiger partial charge in [-0.15, -0.1) is 0 Å². The zero-order valence-corrected chi connectivity index (χ0v) is 15.9. The molecule has 0 atom stereocenters. The van der Waals surface area contributed by atoms with Gasteiger partial charge in [-0.1, -0.05) is 6.92 Å². The lowest BCUT2D eigenvalue weighted by Crippen LogP contribution is -2.32. The number of nitrogens with one attached hydrogen (secondary N) is 1. The van der Waals surface area contributed by atoms with E-state index in [1.54, 1.807) is 0 Å². The standard InChI is InChI=1S/C20H24N2O3S/c1-15-11-13-22(14-12-15)18-7-5-17(6-8-18)21-20(23)16-3-9-19(10-4-16)26(2,24)25/h3-10,15H,11-14H2,1-2H3,(H,21,23). The highest BCUT2D eigenvalue weighted by Gasteiger charge is 2.16. The molecule has 0 aliphatic carbocycles. The third-order valence-corrected chi connectivity index (χ3v) is 5.95. The van der Waals surface area contributed by atoms with Crippen molar-refractivity contribution in [3.8, 4) is 0 Å². The Labute approximate surface area is 154 Å². The van der Waals surface area contributed by atoms with Crippen LogP contribution in [-0.4, -0.2) is 33.7 Å². The smallest absolute Gasteiger partial charge is 0.255 e. The maximum Gasteiger partial charge on any atom is 0.255 e. The minimum absolute atomic E-state index is 0.203. The molecule has 1 heterocycles. The molecule has 0 spiro atoms. The molecule has 1 fully saturated rings. The Morgan fingerprint density at radius 3 is 2.12 bits per heavy atom. The minimum Gasteiger partial charge on any atom is -0.372 e. The van der Waals surface area contributed by atoms with Gasteiger partial charge in [-0.2, -0.15) is 0 Å². The zero-order valence-electron chi connectivity index (χ0n) is 15.1. The summed E-state index contributed by atoms with van der Waals surface area (Å²) < 4.78 is 23.0. The number of nitrogens with zero attached hydrogens (tertiary/aromatic N) is 1. The summed E-state index contributed by atoms with van der Waals surface area (Å²) in [5.74, 6) is 0.531. The fourth-order valence-electron chi connectivity index (χ4n) is 3.08. The SMILES string of the molecule is CC1CCN(c2ccc(NC(=O)c3ccc(S(C)(=O)=O)cc3)cc2)CC1. The summed E-state index contributed by atoms with van der Waals surface area (Å²) in [5.41, 5.74) is 2.32. The lowest BCUT2D eigenvalue weighted by atomic mass is 9.99. The summed E-state index contributed by atoms with van der Waals surface area (Å²) in [7, 11) is -3.26. The Balaban J connectivity index is 1.64. The first-order chi connectivity index (χ1) is 12.3. The van der Waals surface area contributed by atoms with Gasteiger partial charge in [-0.05, 0) is 67.3 Å². The van der Waals surface area contributed by atoms with Crippen molar-refractivity contribution >= 4 is 27.1 Å². The summed E-state index contributed by atoms with van der Waals surface area (Å²) in [6, 6.07) is 13.8. The third-order valence-electron chi connectivity index (χ3n) is 4.82. The second-order valence-corrected chi connectivity index (χ2v) is 8.98. The topological polar surface area (TPSA) is 66.5 Å². The molecule has 0 bridgehead atoms. The molecule has 0 unspecified atom stereocenters. The van der Waals surface area contributed by atoms with Crippen molar-refractivity contribution in [3.05, 3.63) is 54.1 Å². The number of hydrogen-bond acceptors (Lipinski definition) is 4. The summed E-state index contributed by atoms with van der Waals surface area (Å²) in [6.45, 7) is 4.43. The highest BCUT2D eigenvalue weighted by Crippen LogP contribution is 2.24. The zero-order chi connectivity index (χ0) is 18.7. The van der Waals surface area contributed by atoms with E-state index < -0.39 is 9.84 Å². The number of sulfone groups is 1. The number of anilines is 2. The van der Waals surface area contributed by atoms with Gasteiger partial charge in [0.25, 0.3) is 5.91 Å². The predicted molar refractivity (Wildman–Crippen MR) is 105 cm³/mol. The van der Waals surface area contributed by atoms with Gasteiger partial charge >= 0.3 is 0 Å². The van der Waals surface area contributed by atoms with Crippen molar-refractivity contribution in [2.75, 3.05) is 29.6 Å². The van der Waals surface area contributed by atoms with Crippen LogP contribution in [0.1, 0.15) is 30.1 Å². The van der Waals surface area contributed by atoms with Crippen LogP contribution in [0.2, 0.25) is 0 Å².